The lowest BCUT2D eigenvalue weighted by atomic mass is 9.97. The molecular weight excluding hydrogens is 210 g/mol. The van der Waals surface area contributed by atoms with Crippen LogP contribution >= 0.6 is 0 Å². The van der Waals surface area contributed by atoms with Gasteiger partial charge in [0.2, 0.25) is 0 Å². The number of aromatic nitrogens is 1. The van der Waals surface area contributed by atoms with E-state index in [1.54, 1.807) is 13.8 Å². The maximum Gasteiger partial charge on any atom is 0.354 e. The highest BCUT2D eigenvalue weighted by atomic mass is 16.4. The van der Waals surface area contributed by atoms with Crippen LogP contribution in [0.4, 0.5) is 0 Å². The standard InChI is InChI=1S/C11H13NO4/c1-3-6-7(4-2)9(11(15)16)12-5-8(6)10(13)14/h5H,3-4H2,1-2H3,(H,13,14)(H,15,16). The first kappa shape index (κ1) is 12.2. The first-order valence-corrected chi connectivity index (χ1v) is 5.00. The molecule has 1 heterocycles. The average molecular weight is 223 g/mol. The SMILES string of the molecule is CCc1c(C(=O)O)cnc(C(=O)O)c1CC. The highest BCUT2D eigenvalue weighted by Gasteiger charge is 2.19. The number of aromatic carboxylic acids is 2. The van der Waals surface area contributed by atoms with Crippen LogP contribution in [0.5, 0.6) is 0 Å². The largest absolute Gasteiger partial charge is 0.478 e. The molecule has 0 fully saturated rings. The van der Waals surface area contributed by atoms with E-state index in [9.17, 15) is 9.59 Å². The molecule has 0 aromatic carbocycles. The summed E-state index contributed by atoms with van der Waals surface area (Å²) in [6.07, 6.45) is 2.05. The fourth-order valence-corrected chi connectivity index (χ4v) is 1.74. The van der Waals surface area contributed by atoms with Crippen LogP contribution in [0.25, 0.3) is 0 Å². The van der Waals surface area contributed by atoms with E-state index in [0.717, 1.165) is 6.20 Å². The van der Waals surface area contributed by atoms with Gasteiger partial charge in [-0.2, -0.15) is 0 Å². The number of carboxylic acid groups (broad SMARTS) is 2. The Morgan fingerprint density at radius 3 is 2.06 bits per heavy atom. The predicted molar refractivity (Wildman–Crippen MR) is 56.9 cm³/mol. The zero-order valence-electron chi connectivity index (χ0n) is 9.15. The first-order chi connectivity index (χ1) is 7.52. The maximum atomic E-state index is 10.9. The van der Waals surface area contributed by atoms with Crippen LogP contribution < -0.4 is 0 Å². The van der Waals surface area contributed by atoms with Crippen LogP contribution in [-0.2, 0) is 12.8 Å². The zero-order chi connectivity index (χ0) is 12.3. The molecular formula is C11H13NO4. The monoisotopic (exact) mass is 223 g/mol. The van der Waals surface area contributed by atoms with Crippen molar-refractivity contribution in [1.82, 2.24) is 4.98 Å². The number of hydrogen-bond donors (Lipinski definition) is 2. The second-order valence-corrected chi connectivity index (χ2v) is 3.29. The van der Waals surface area contributed by atoms with Gasteiger partial charge >= 0.3 is 11.9 Å². The molecule has 86 valence electrons. The van der Waals surface area contributed by atoms with Crippen molar-refractivity contribution in [2.45, 2.75) is 26.7 Å². The summed E-state index contributed by atoms with van der Waals surface area (Å²) in [6, 6.07) is 0. The molecule has 2 N–H and O–H groups in total. The van der Waals surface area contributed by atoms with Crippen molar-refractivity contribution in [3.63, 3.8) is 0 Å². The van der Waals surface area contributed by atoms with E-state index >= 15 is 0 Å². The van der Waals surface area contributed by atoms with Crippen LogP contribution in [0, 0.1) is 0 Å². The van der Waals surface area contributed by atoms with Gasteiger partial charge in [0.05, 0.1) is 5.56 Å². The third-order valence-corrected chi connectivity index (χ3v) is 2.44. The van der Waals surface area contributed by atoms with E-state index in [2.05, 4.69) is 4.98 Å². The predicted octanol–water partition coefficient (Wildman–Crippen LogP) is 1.60. The lowest BCUT2D eigenvalue weighted by Crippen LogP contribution is -2.13. The third kappa shape index (κ3) is 2.03. The Balaban J connectivity index is 3.52. The van der Waals surface area contributed by atoms with Gasteiger partial charge in [-0.25, -0.2) is 14.6 Å². The third-order valence-electron chi connectivity index (χ3n) is 2.44. The number of pyridine rings is 1. The molecule has 0 aliphatic carbocycles. The summed E-state index contributed by atoms with van der Waals surface area (Å²) in [4.78, 5) is 25.6. The lowest BCUT2D eigenvalue weighted by Gasteiger charge is -2.11. The summed E-state index contributed by atoms with van der Waals surface area (Å²) >= 11 is 0. The summed E-state index contributed by atoms with van der Waals surface area (Å²) in [6.45, 7) is 3.58. The van der Waals surface area contributed by atoms with Crippen LogP contribution in [0.1, 0.15) is 45.8 Å². The minimum Gasteiger partial charge on any atom is -0.478 e. The molecule has 0 radical (unpaired) electrons. The second kappa shape index (κ2) is 4.74. The Bertz CT molecular complexity index is 399. The molecule has 0 aliphatic rings. The minimum atomic E-state index is -1.12. The fraction of sp³-hybridized carbons (Fsp3) is 0.364. The van der Waals surface area contributed by atoms with Gasteiger partial charge in [-0.1, -0.05) is 13.8 Å². The molecule has 0 amide bonds. The molecule has 0 saturated heterocycles. The quantitative estimate of drug-likeness (QED) is 0.809. The van der Waals surface area contributed by atoms with E-state index < -0.39 is 11.9 Å². The lowest BCUT2D eigenvalue weighted by molar-refractivity contribution is 0.0673. The number of hydrogen-bond acceptors (Lipinski definition) is 3. The Kier molecular flexibility index (Phi) is 3.60. The van der Waals surface area contributed by atoms with Gasteiger partial charge in [-0.05, 0) is 24.0 Å². The van der Waals surface area contributed by atoms with Crippen molar-refractivity contribution in [2.24, 2.45) is 0 Å². The average Bonchev–Trinajstić information content (AvgIpc) is 2.26. The Morgan fingerprint density at radius 2 is 1.69 bits per heavy atom. The van der Waals surface area contributed by atoms with Gasteiger partial charge in [-0.3, -0.25) is 0 Å². The van der Waals surface area contributed by atoms with Gasteiger partial charge in [0, 0.05) is 6.20 Å². The van der Waals surface area contributed by atoms with Gasteiger partial charge in [0.15, 0.2) is 5.69 Å². The Labute approximate surface area is 92.8 Å². The minimum absolute atomic E-state index is 0.0515. The molecule has 0 aliphatic heterocycles. The van der Waals surface area contributed by atoms with Gasteiger partial charge < -0.3 is 10.2 Å². The number of nitrogens with zero attached hydrogens (tertiary/aromatic N) is 1. The van der Waals surface area contributed by atoms with E-state index in [1.807, 2.05) is 0 Å². The summed E-state index contributed by atoms with van der Waals surface area (Å²) in [5.74, 6) is -2.19. The summed E-state index contributed by atoms with van der Waals surface area (Å²) < 4.78 is 0. The molecule has 1 aromatic heterocycles. The first-order valence-electron chi connectivity index (χ1n) is 5.00. The van der Waals surface area contributed by atoms with Crippen LogP contribution in [0.3, 0.4) is 0 Å². The molecule has 0 spiro atoms. The molecule has 0 saturated carbocycles. The van der Waals surface area contributed by atoms with E-state index in [1.165, 1.54) is 0 Å². The molecule has 0 bridgehead atoms. The summed E-state index contributed by atoms with van der Waals surface area (Å²) in [7, 11) is 0. The molecule has 1 aromatic rings. The second-order valence-electron chi connectivity index (χ2n) is 3.29. The number of rotatable bonds is 4. The summed E-state index contributed by atoms with van der Waals surface area (Å²) in [5, 5.41) is 17.9. The normalized spacial score (nSPS) is 10.1. The molecule has 1 rings (SSSR count). The van der Waals surface area contributed by atoms with Gasteiger partial charge in [0.1, 0.15) is 0 Å². The van der Waals surface area contributed by atoms with Crippen LogP contribution in [0.2, 0.25) is 0 Å². The highest BCUT2D eigenvalue weighted by Crippen LogP contribution is 2.19. The molecule has 16 heavy (non-hydrogen) atoms. The highest BCUT2D eigenvalue weighted by molar-refractivity contribution is 5.93. The number of carboxylic acids is 2. The fourth-order valence-electron chi connectivity index (χ4n) is 1.74. The molecule has 0 atom stereocenters. The maximum absolute atomic E-state index is 10.9. The molecule has 5 heteroatoms. The number of carbonyl (C=O) groups is 2. The smallest absolute Gasteiger partial charge is 0.354 e. The summed E-state index contributed by atoms with van der Waals surface area (Å²) in [5.41, 5.74) is 1.10. The van der Waals surface area contributed by atoms with Crippen molar-refractivity contribution in [1.29, 1.82) is 0 Å². The van der Waals surface area contributed by atoms with Crippen LogP contribution in [-0.4, -0.2) is 27.1 Å². The van der Waals surface area contributed by atoms with E-state index in [0.29, 0.717) is 24.0 Å². The van der Waals surface area contributed by atoms with Crippen molar-refractivity contribution in [3.8, 4) is 0 Å². The van der Waals surface area contributed by atoms with E-state index in [4.69, 9.17) is 10.2 Å². The van der Waals surface area contributed by atoms with Crippen molar-refractivity contribution < 1.29 is 19.8 Å². The van der Waals surface area contributed by atoms with E-state index in [-0.39, 0.29) is 11.3 Å². The molecule has 5 nitrogen and oxygen atoms in total. The van der Waals surface area contributed by atoms with Gasteiger partial charge in [-0.15, -0.1) is 0 Å². The Hall–Kier alpha value is -1.91. The zero-order valence-corrected chi connectivity index (χ0v) is 9.15. The van der Waals surface area contributed by atoms with Crippen LogP contribution in [0.15, 0.2) is 6.20 Å². The topological polar surface area (TPSA) is 87.5 Å². The van der Waals surface area contributed by atoms with Crippen molar-refractivity contribution in [2.75, 3.05) is 0 Å². The Morgan fingerprint density at radius 1 is 1.12 bits per heavy atom. The van der Waals surface area contributed by atoms with Crippen molar-refractivity contribution >= 4 is 11.9 Å². The van der Waals surface area contributed by atoms with Crippen molar-refractivity contribution in [3.05, 3.63) is 28.6 Å². The molecule has 0 unspecified atom stereocenters. The van der Waals surface area contributed by atoms with Gasteiger partial charge in [0.25, 0.3) is 0 Å².